The van der Waals surface area contributed by atoms with Crippen molar-refractivity contribution in [2.75, 3.05) is 18.3 Å². The van der Waals surface area contributed by atoms with Gasteiger partial charge < -0.3 is 9.47 Å². The number of para-hydroxylation sites is 2. The van der Waals surface area contributed by atoms with Crippen molar-refractivity contribution in [3.63, 3.8) is 0 Å². The maximum absolute atomic E-state index is 12.4. The summed E-state index contributed by atoms with van der Waals surface area (Å²) in [5.41, 5.74) is 1.42. The minimum Gasteiger partial charge on any atom is -0.495 e. The Morgan fingerprint density at radius 1 is 1.23 bits per heavy atom. The molecule has 30 heavy (non-hydrogen) atoms. The lowest BCUT2D eigenvalue weighted by Crippen LogP contribution is -2.23. The second kappa shape index (κ2) is 9.97. The third-order valence-electron chi connectivity index (χ3n) is 4.12. The zero-order chi connectivity index (χ0) is 21.7. The van der Waals surface area contributed by atoms with Crippen LogP contribution in [0.3, 0.4) is 0 Å². The SMILES string of the molecule is COc1ccccc1N(C(C)=O)c1nc(COC(=O)c2cc(SC)ccc2Cl)cs1. The molecule has 3 rings (SSSR count). The summed E-state index contributed by atoms with van der Waals surface area (Å²) in [5.74, 6) is -0.184. The normalized spacial score (nSPS) is 10.5. The first-order chi connectivity index (χ1) is 14.4. The second-order valence-electron chi connectivity index (χ2n) is 6.07. The molecule has 0 aliphatic rings. The molecule has 0 atom stereocenters. The van der Waals surface area contributed by atoms with E-state index in [0.29, 0.717) is 32.8 Å². The van der Waals surface area contributed by atoms with Crippen molar-refractivity contribution < 1.29 is 19.1 Å². The van der Waals surface area contributed by atoms with Gasteiger partial charge in [-0.3, -0.25) is 9.69 Å². The van der Waals surface area contributed by atoms with Crippen LogP contribution < -0.4 is 9.64 Å². The highest BCUT2D eigenvalue weighted by atomic mass is 35.5. The number of hydrogen-bond donors (Lipinski definition) is 0. The zero-order valence-electron chi connectivity index (χ0n) is 16.5. The van der Waals surface area contributed by atoms with Crippen LogP contribution in [-0.4, -0.2) is 30.2 Å². The number of carbonyl (C=O) groups is 2. The number of benzene rings is 2. The molecule has 156 valence electrons. The molecule has 0 aliphatic carbocycles. The van der Waals surface area contributed by atoms with Crippen molar-refractivity contribution in [3.05, 3.63) is 64.1 Å². The second-order valence-corrected chi connectivity index (χ2v) is 8.19. The molecule has 1 aromatic heterocycles. The molecule has 1 amide bonds. The van der Waals surface area contributed by atoms with Crippen LogP contribution in [0, 0.1) is 0 Å². The summed E-state index contributed by atoms with van der Waals surface area (Å²) in [6.07, 6.45) is 1.91. The maximum atomic E-state index is 12.4. The number of carbonyl (C=O) groups excluding carboxylic acids is 2. The molecular formula is C21H19ClN2O4S2. The fourth-order valence-corrected chi connectivity index (χ4v) is 4.19. The Balaban J connectivity index is 1.77. The molecule has 0 aliphatic heterocycles. The van der Waals surface area contributed by atoms with E-state index in [1.165, 1.54) is 34.9 Å². The highest BCUT2D eigenvalue weighted by Crippen LogP contribution is 2.35. The number of ether oxygens (including phenoxy) is 2. The lowest BCUT2D eigenvalue weighted by Gasteiger charge is -2.20. The quantitative estimate of drug-likeness (QED) is 0.338. The number of esters is 1. The summed E-state index contributed by atoms with van der Waals surface area (Å²) in [4.78, 5) is 31.6. The highest BCUT2D eigenvalue weighted by molar-refractivity contribution is 7.98. The van der Waals surface area contributed by atoms with E-state index in [4.69, 9.17) is 21.1 Å². The van der Waals surface area contributed by atoms with Crippen LogP contribution in [0.25, 0.3) is 0 Å². The monoisotopic (exact) mass is 462 g/mol. The number of thiazole rings is 1. The van der Waals surface area contributed by atoms with Crippen molar-refractivity contribution in [2.24, 2.45) is 0 Å². The average Bonchev–Trinajstić information content (AvgIpc) is 3.21. The molecule has 1 heterocycles. The van der Waals surface area contributed by atoms with E-state index in [1.54, 1.807) is 36.8 Å². The van der Waals surface area contributed by atoms with E-state index in [9.17, 15) is 9.59 Å². The molecule has 0 bridgehead atoms. The topological polar surface area (TPSA) is 68.7 Å². The van der Waals surface area contributed by atoms with Gasteiger partial charge in [0, 0.05) is 17.2 Å². The first kappa shape index (κ1) is 22.1. The summed E-state index contributed by atoms with van der Waals surface area (Å²) in [6, 6.07) is 12.4. The fraction of sp³-hybridized carbons (Fsp3) is 0.190. The predicted molar refractivity (Wildman–Crippen MR) is 120 cm³/mol. The minimum atomic E-state index is -0.529. The molecule has 0 radical (unpaired) electrons. The summed E-state index contributed by atoms with van der Waals surface area (Å²) >= 11 is 8.91. The number of thioether (sulfide) groups is 1. The number of hydrogen-bond acceptors (Lipinski definition) is 7. The lowest BCUT2D eigenvalue weighted by molar-refractivity contribution is -0.115. The predicted octanol–water partition coefficient (Wildman–Crippen LogP) is 5.57. The molecule has 6 nitrogen and oxygen atoms in total. The van der Waals surface area contributed by atoms with Crippen molar-refractivity contribution in [2.45, 2.75) is 18.4 Å². The third kappa shape index (κ3) is 4.95. The lowest BCUT2D eigenvalue weighted by atomic mass is 10.2. The van der Waals surface area contributed by atoms with Gasteiger partial charge in [0.15, 0.2) is 5.13 Å². The van der Waals surface area contributed by atoms with E-state index >= 15 is 0 Å². The van der Waals surface area contributed by atoms with E-state index < -0.39 is 5.97 Å². The van der Waals surface area contributed by atoms with Gasteiger partial charge >= 0.3 is 5.97 Å². The highest BCUT2D eigenvalue weighted by Gasteiger charge is 2.22. The van der Waals surface area contributed by atoms with Crippen molar-refractivity contribution >= 4 is 57.4 Å². The number of anilines is 2. The first-order valence-corrected chi connectivity index (χ1v) is 11.3. The molecule has 3 aromatic rings. The molecule has 0 unspecified atom stereocenters. The van der Waals surface area contributed by atoms with Crippen LogP contribution in [-0.2, 0) is 16.1 Å². The van der Waals surface area contributed by atoms with Crippen LogP contribution in [0.4, 0.5) is 10.8 Å². The van der Waals surface area contributed by atoms with Gasteiger partial charge in [-0.2, -0.15) is 0 Å². The number of amides is 1. The van der Waals surface area contributed by atoms with E-state index in [0.717, 1.165) is 4.90 Å². The Labute approximate surface area is 187 Å². The molecule has 9 heteroatoms. The van der Waals surface area contributed by atoms with Gasteiger partial charge in [-0.15, -0.1) is 23.1 Å². The van der Waals surface area contributed by atoms with Crippen molar-refractivity contribution in [1.82, 2.24) is 4.98 Å². The van der Waals surface area contributed by atoms with Gasteiger partial charge in [-0.1, -0.05) is 23.7 Å². The first-order valence-electron chi connectivity index (χ1n) is 8.83. The Morgan fingerprint density at radius 2 is 2.00 bits per heavy atom. The summed E-state index contributed by atoms with van der Waals surface area (Å²) in [6.45, 7) is 1.42. The van der Waals surface area contributed by atoms with Crippen LogP contribution in [0.1, 0.15) is 23.0 Å². The Morgan fingerprint density at radius 3 is 2.70 bits per heavy atom. The largest absolute Gasteiger partial charge is 0.495 e. The molecule has 0 saturated heterocycles. The molecule has 0 saturated carbocycles. The van der Waals surface area contributed by atoms with Crippen molar-refractivity contribution in [3.8, 4) is 5.75 Å². The number of aromatic nitrogens is 1. The molecule has 0 fully saturated rings. The summed E-state index contributed by atoms with van der Waals surface area (Å²) in [5, 5.41) is 2.53. The fourth-order valence-electron chi connectivity index (χ4n) is 2.69. The van der Waals surface area contributed by atoms with E-state index in [1.807, 2.05) is 24.5 Å². The Hall–Kier alpha value is -2.55. The van der Waals surface area contributed by atoms with Crippen LogP contribution in [0.15, 0.2) is 52.7 Å². The Kier molecular flexibility index (Phi) is 7.36. The van der Waals surface area contributed by atoms with Crippen LogP contribution in [0.5, 0.6) is 5.75 Å². The van der Waals surface area contributed by atoms with Gasteiger partial charge in [0.2, 0.25) is 5.91 Å². The van der Waals surface area contributed by atoms with E-state index in [-0.39, 0.29) is 12.5 Å². The summed E-state index contributed by atoms with van der Waals surface area (Å²) < 4.78 is 10.7. The van der Waals surface area contributed by atoms with Gasteiger partial charge in [-0.05, 0) is 36.6 Å². The van der Waals surface area contributed by atoms with Gasteiger partial charge in [0.1, 0.15) is 12.4 Å². The number of rotatable bonds is 7. The third-order valence-corrected chi connectivity index (χ3v) is 6.05. The number of methoxy groups -OCH3 is 1. The van der Waals surface area contributed by atoms with E-state index in [2.05, 4.69) is 4.98 Å². The van der Waals surface area contributed by atoms with Crippen LogP contribution in [0.2, 0.25) is 5.02 Å². The maximum Gasteiger partial charge on any atom is 0.340 e. The zero-order valence-corrected chi connectivity index (χ0v) is 18.9. The average molecular weight is 463 g/mol. The standard InChI is InChI=1S/C21H19ClN2O4S2/c1-13(25)24(18-6-4-5-7-19(18)27-2)21-23-14(12-30-21)11-28-20(26)16-10-15(29-3)8-9-17(16)22/h4-10,12H,11H2,1-3H3. The van der Waals surface area contributed by atoms with Gasteiger partial charge in [0.25, 0.3) is 0 Å². The molecule has 0 N–H and O–H groups in total. The molecular weight excluding hydrogens is 444 g/mol. The van der Waals surface area contributed by atoms with Gasteiger partial charge in [0.05, 0.1) is 29.1 Å². The van der Waals surface area contributed by atoms with Crippen LogP contribution >= 0.6 is 34.7 Å². The van der Waals surface area contributed by atoms with Crippen molar-refractivity contribution in [1.29, 1.82) is 0 Å². The summed E-state index contributed by atoms with van der Waals surface area (Å²) in [7, 11) is 1.54. The Bertz CT molecular complexity index is 1070. The smallest absolute Gasteiger partial charge is 0.340 e. The molecule has 0 spiro atoms. The molecule has 2 aromatic carbocycles. The number of halogens is 1. The van der Waals surface area contributed by atoms with Gasteiger partial charge in [-0.25, -0.2) is 9.78 Å². The minimum absolute atomic E-state index is 0.0349. The number of nitrogens with zero attached hydrogens (tertiary/aromatic N) is 2.